The normalized spacial score (nSPS) is 8.30. The number of rotatable bonds is 0. The molecule has 0 atom stereocenters. The van der Waals surface area contributed by atoms with Gasteiger partial charge < -0.3 is 26.1 Å². The molecule has 10 heavy (non-hydrogen) atoms. The van der Waals surface area contributed by atoms with Crippen molar-refractivity contribution in [3.8, 4) is 0 Å². The quantitative estimate of drug-likeness (QED) is 0.203. The van der Waals surface area contributed by atoms with E-state index in [1.807, 2.05) is 0 Å². The number of nitrogens with two attached hydrogens (primary N) is 2. The maximum atomic E-state index is 9.00. The molecule has 0 heterocycles. The lowest BCUT2D eigenvalue weighted by molar-refractivity contribution is 0.256. The van der Waals surface area contributed by atoms with Gasteiger partial charge in [-0.2, -0.15) is 0 Å². The molecule has 0 saturated carbocycles. The summed E-state index contributed by atoms with van der Waals surface area (Å²) in [7, 11) is -4.64. The van der Waals surface area contributed by atoms with Crippen molar-refractivity contribution in [1.82, 2.24) is 0 Å². The van der Waals surface area contributed by atoms with E-state index in [9.17, 15) is 0 Å². The van der Waals surface area contributed by atoms with Crippen LogP contribution in [0.15, 0.2) is 0 Å². The summed E-state index contributed by atoms with van der Waals surface area (Å²) in [6.07, 6.45) is 0. The van der Waals surface area contributed by atoms with Gasteiger partial charge in [-0.1, -0.05) is 0 Å². The fourth-order valence-electron chi connectivity index (χ4n) is 0. The summed E-state index contributed by atoms with van der Waals surface area (Å²) in [4.78, 5) is 30.6. The van der Waals surface area contributed by atoms with Gasteiger partial charge in [0, 0.05) is 0 Å². The number of hydrogen-bond donors (Lipinski definition) is 5. The Labute approximate surface area is 72.8 Å². The highest BCUT2D eigenvalue weighted by molar-refractivity contribution is 7.45. The third-order valence-electron chi connectivity index (χ3n) is 0. The molecule has 0 aromatic rings. The molecule has 7 N–H and O–H groups in total. The number of primary amides is 2. The van der Waals surface area contributed by atoms with Gasteiger partial charge in [-0.05, 0) is 0 Å². The van der Waals surface area contributed by atoms with Crippen molar-refractivity contribution in [3.63, 3.8) is 0 Å². The molecule has 60 valence electrons. The monoisotopic (exact) mass is 184 g/mol. The van der Waals surface area contributed by atoms with E-state index < -0.39 is 13.9 Å². The summed E-state index contributed by atoms with van der Waals surface area (Å²) >= 11 is 0. The van der Waals surface area contributed by atoms with Gasteiger partial charge in [0.05, 0.1) is 0 Å². The zero-order chi connectivity index (χ0) is 8.08. The van der Waals surface area contributed by atoms with Crippen LogP contribution in [0.1, 0.15) is 0 Å². The molecule has 0 aromatic heterocycles. The van der Waals surface area contributed by atoms with Gasteiger partial charge in [0.15, 0.2) is 0 Å². The first kappa shape index (κ1) is 16.6. The lowest BCUT2D eigenvalue weighted by Crippen LogP contribution is -2.18. The van der Waals surface area contributed by atoms with Crippen molar-refractivity contribution in [2.24, 2.45) is 11.5 Å². The smallest absolute Gasteiger partial charge is 0.352 e. The number of hydrogen-bond acceptors (Lipinski definition) is 2. The van der Waals surface area contributed by atoms with Gasteiger partial charge in [0.1, 0.15) is 0 Å². The molecule has 0 rings (SSSR count). The molecular formula is CH9MgN2O5P. The summed E-state index contributed by atoms with van der Waals surface area (Å²) in [6.45, 7) is 0. The van der Waals surface area contributed by atoms with Crippen LogP contribution in [0.2, 0.25) is 0 Å². The van der Waals surface area contributed by atoms with Gasteiger partial charge in [-0.3, -0.25) is 0 Å². The predicted molar refractivity (Wildman–Crippen MR) is 36.6 cm³/mol. The highest BCUT2D eigenvalue weighted by Gasteiger charge is 2.00. The second kappa shape index (κ2) is 7.26. The minimum absolute atomic E-state index is 0. The number of carbonyl (C=O) groups excluding carboxylic acids is 1. The van der Waals surface area contributed by atoms with Crippen LogP contribution in [0, 0.1) is 0 Å². The molecule has 0 bridgehead atoms. The summed E-state index contributed by atoms with van der Waals surface area (Å²) in [5.74, 6) is 0. The van der Waals surface area contributed by atoms with Crippen molar-refractivity contribution in [3.05, 3.63) is 0 Å². The summed E-state index contributed by atoms with van der Waals surface area (Å²) < 4.78 is 8.88. The van der Waals surface area contributed by atoms with Crippen molar-refractivity contribution in [1.29, 1.82) is 0 Å². The van der Waals surface area contributed by atoms with E-state index in [0.717, 1.165) is 0 Å². The van der Waals surface area contributed by atoms with Gasteiger partial charge in [-0.25, -0.2) is 9.36 Å². The molecule has 7 nitrogen and oxygen atoms in total. The van der Waals surface area contributed by atoms with Gasteiger partial charge in [0.2, 0.25) is 0 Å². The summed E-state index contributed by atoms with van der Waals surface area (Å²) in [6, 6.07) is -0.833. The van der Waals surface area contributed by atoms with Crippen LogP contribution in [0.4, 0.5) is 4.79 Å². The molecule has 0 saturated heterocycles. The fourth-order valence-corrected chi connectivity index (χ4v) is 0. The average Bonchev–Trinajstić information content (AvgIpc) is 1.19. The van der Waals surface area contributed by atoms with Crippen LogP contribution in [0.5, 0.6) is 0 Å². The first-order valence-electron chi connectivity index (χ1n) is 1.56. The maximum absolute atomic E-state index is 9.00. The molecule has 0 aromatic carbocycles. The highest BCUT2D eigenvalue weighted by atomic mass is 31.2. The molecule has 0 aliphatic heterocycles. The number of carbonyl (C=O) groups is 1. The van der Waals surface area contributed by atoms with Crippen molar-refractivity contribution < 1.29 is 24.0 Å². The first-order valence-corrected chi connectivity index (χ1v) is 3.13. The number of urea groups is 1. The lowest BCUT2D eigenvalue weighted by atomic mass is 11.2. The molecule has 0 aliphatic carbocycles. The molecule has 0 spiro atoms. The van der Waals surface area contributed by atoms with E-state index in [0.29, 0.717) is 0 Å². The molecule has 0 aliphatic rings. The second-order valence-corrected chi connectivity index (χ2v) is 1.94. The zero-order valence-corrected chi connectivity index (χ0v) is 5.15. The average molecular weight is 184 g/mol. The van der Waals surface area contributed by atoms with Crippen molar-refractivity contribution in [2.75, 3.05) is 0 Å². The summed E-state index contributed by atoms with van der Waals surface area (Å²) in [5, 5.41) is 0. The van der Waals surface area contributed by atoms with Crippen LogP contribution < -0.4 is 11.5 Å². The van der Waals surface area contributed by atoms with Gasteiger partial charge in [0.25, 0.3) is 0 Å². The number of amides is 2. The van der Waals surface area contributed by atoms with Crippen LogP contribution in [-0.2, 0) is 4.57 Å². The van der Waals surface area contributed by atoms with Crippen molar-refractivity contribution in [2.45, 2.75) is 0 Å². The van der Waals surface area contributed by atoms with Gasteiger partial charge in [-0.15, -0.1) is 0 Å². The minimum atomic E-state index is -4.64. The fraction of sp³-hybridized carbons (Fsp3) is 0. The molecule has 9 heteroatoms. The Balaban J connectivity index is -0.0000000910. The van der Waals surface area contributed by atoms with Crippen molar-refractivity contribution >= 4 is 36.9 Å². The molecule has 0 fully saturated rings. The SMILES string of the molecule is NC(N)=O.O=P(O)(O)O.[MgH2]. The van der Waals surface area contributed by atoms with E-state index >= 15 is 0 Å². The third-order valence-corrected chi connectivity index (χ3v) is 0. The van der Waals surface area contributed by atoms with E-state index in [-0.39, 0.29) is 23.1 Å². The van der Waals surface area contributed by atoms with E-state index in [4.69, 9.17) is 24.0 Å². The molecule has 2 amide bonds. The predicted octanol–water partition coefficient (Wildman–Crippen LogP) is -2.82. The Morgan fingerprint density at radius 1 is 1.20 bits per heavy atom. The first-order chi connectivity index (χ1) is 3.73. The molecular weight excluding hydrogens is 175 g/mol. The second-order valence-electron chi connectivity index (χ2n) is 0.916. The van der Waals surface area contributed by atoms with Gasteiger partial charge >= 0.3 is 36.9 Å². The Hall–Kier alpha value is 0.146. The molecule has 0 unspecified atom stereocenters. The van der Waals surface area contributed by atoms with E-state index in [1.165, 1.54) is 0 Å². The van der Waals surface area contributed by atoms with E-state index in [1.54, 1.807) is 0 Å². The van der Waals surface area contributed by atoms with Crippen LogP contribution in [0.3, 0.4) is 0 Å². The Morgan fingerprint density at radius 2 is 1.20 bits per heavy atom. The minimum Gasteiger partial charge on any atom is -0.352 e. The topological polar surface area (TPSA) is 147 Å². The zero-order valence-electron chi connectivity index (χ0n) is 4.26. The standard InChI is InChI=1S/CH4N2O.Mg.H3O4P.2H/c2-1(3)4;;1-5(2,3)4;;/h(H4,2,3,4);;(H3,1,2,3,4);;. The Kier molecular flexibility index (Phi) is 12.1. The highest BCUT2D eigenvalue weighted by Crippen LogP contribution is 2.25. The summed E-state index contributed by atoms with van der Waals surface area (Å²) in [5.41, 5.74) is 8.50. The van der Waals surface area contributed by atoms with Crippen LogP contribution in [0.25, 0.3) is 0 Å². The van der Waals surface area contributed by atoms with Crippen LogP contribution in [-0.4, -0.2) is 43.8 Å². The molecule has 0 radical (unpaired) electrons. The Morgan fingerprint density at radius 3 is 1.20 bits per heavy atom. The third kappa shape index (κ3) is 19500. The Bertz CT molecular complexity index is 119. The maximum Gasteiger partial charge on any atom is 0.466 e. The largest absolute Gasteiger partial charge is 0.466 e. The lowest BCUT2D eigenvalue weighted by Gasteiger charge is -1.82. The van der Waals surface area contributed by atoms with Crippen LogP contribution >= 0.6 is 7.82 Å². The number of phosphoric acid groups is 1. The van der Waals surface area contributed by atoms with E-state index in [2.05, 4.69) is 11.5 Å².